The monoisotopic (exact) mass is 643 g/mol. The van der Waals surface area contributed by atoms with Gasteiger partial charge in [0.05, 0.1) is 0 Å². The first kappa shape index (κ1) is 41.7. The van der Waals surface area contributed by atoms with Gasteiger partial charge in [0.25, 0.3) is 0 Å². The molecule has 0 fully saturated rings. The minimum atomic E-state index is -1.14. The van der Waals surface area contributed by atoms with E-state index in [1.54, 1.807) is 20.8 Å². The van der Waals surface area contributed by atoms with E-state index in [0.717, 1.165) is 38.6 Å². The fourth-order valence-electron chi connectivity index (χ4n) is 4.82. The first-order chi connectivity index (χ1) is 20.8. The standard InChI is InChI=1S/C32H61N5O6S/c1-7-23(6)28(31(41)35-24(32(42)43)19-21(2)3)37-30(40)27(22(4)5)36-29(39)25(20-44)34-26(38)17-15-13-11-9-8-10-12-14-16-18-33/h21-25,27-28,44H,7-20,33H2,1-6H3,(H,34,38)(H,35,41)(H,36,39)(H,37,40)(H,42,43)/t23?,24-,25+,27-,28-/m0/s1. The van der Waals surface area contributed by atoms with Crippen LogP contribution in [0.2, 0.25) is 0 Å². The first-order valence-corrected chi connectivity index (χ1v) is 17.2. The zero-order chi connectivity index (χ0) is 33.7. The van der Waals surface area contributed by atoms with Gasteiger partial charge in [-0.1, -0.05) is 92.9 Å². The van der Waals surface area contributed by atoms with Crippen molar-refractivity contribution in [3.05, 3.63) is 0 Å². The molecule has 0 aliphatic carbocycles. The number of carboxylic acid groups (broad SMARTS) is 1. The number of hydrogen-bond acceptors (Lipinski definition) is 7. The van der Waals surface area contributed by atoms with Crippen molar-refractivity contribution in [1.29, 1.82) is 0 Å². The summed E-state index contributed by atoms with van der Waals surface area (Å²) in [7, 11) is 0. The molecule has 0 rings (SSSR count). The second kappa shape index (κ2) is 24.0. The van der Waals surface area contributed by atoms with E-state index in [-0.39, 0.29) is 35.8 Å². The van der Waals surface area contributed by atoms with Gasteiger partial charge in [-0.3, -0.25) is 19.2 Å². The Kier molecular flexibility index (Phi) is 22.7. The minimum Gasteiger partial charge on any atom is -0.480 e. The molecule has 0 heterocycles. The Morgan fingerprint density at radius 2 is 1.18 bits per heavy atom. The molecular weight excluding hydrogens is 582 g/mol. The molecule has 0 bridgehead atoms. The van der Waals surface area contributed by atoms with Gasteiger partial charge in [-0.2, -0.15) is 12.6 Å². The number of rotatable bonds is 25. The SMILES string of the molecule is CCC(C)[C@H](NC(=O)[C@@H](NC(=O)[C@@H](CS)NC(=O)CCCCCCCCCCCN)C(C)C)C(=O)N[C@@H](CC(C)C)C(=O)O. The zero-order valence-corrected chi connectivity index (χ0v) is 28.8. The summed E-state index contributed by atoms with van der Waals surface area (Å²) < 4.78 is 0. The third kappa shape index (κ3) is 17.8. The molecule has 0 aromatic rings. The maximum atomic E-state index is 13.4. The number of nitrogens with one attached hydrogen (secondary N) is 4. The fraction of sp³-hybridized carbons (Fsp3) is 0.844. The molecule has 5 atom stereocenters. The molecule has 1 unspecified atom stereocenters. The van der Waals surface area contributed by atoms with Crippen molar-refractivity contribution in [2.45, 2.75) is 143 Å². The third-order valence-corrected chi connectivity index (χ3v) is 8.17. The molecule has 0 aromatic heterocycles. The average molecular weight is 644 g/mol. The van der Waals surface area contributed by atoms with Gasteiger partial charge in [0.2, 0.25) is 23.6 Å². The lowest BCUT2D eigenvalue weighted by molar-refractivity contribution is -0.143. The van der Waals surface area contributed by atoms with Gasteiger partial charge in [0, 0.05) is 12.2 Å². The largest absolute Gasteiger partial charge is 0.480 e. The summed E-state index contributed by atoms with van der Waals surface area (Å²) in [5, 5.41) is 20.3. The van der Waals surface area contributed by atoms with Crippen LogP contribution in [-0.2, 0) is 24.0 Å². The van der Waals surface area contributed by atoms with Crippen molar-refractivity contribution >= 4 is 42.2 Å². The van der Waals surface area contributed by atoms with Crippen LogP contribution in [0.5, 0.6) is 0 Å². The molecule has 4 amide bonds. The predicted octanol–water partition coefficient (Wildman–Crippen LogP) is 3.55. The van der Waals surface area contributed by atoms with E-state index < -0.39 is 47.9 Å². The molecule has 0 saturated carbocycles. The molecule has 11 nitrogen and oxygen atoms in total. The smallest absolute Gasteiger partial charge is 0.326 e. The number of carbonyl (C=O) groups excluding carboxylic acids is 4. The van der Waals surface area contributed by atoms with Crippen molar-refractivity contribution in [2.24, 2.45) is 23.5 Å². The molecule has 44 heavy (non-hydrogen) atoms. The van der Waals surface area contributed by atoms with Crippen LogP contribution < -0.4 is 27.0 Å². The van der Waals surface area contributed by atoms with Crippen LogP contribution in [0, 0.1) is 17.8 Å². The zero-order valence-electron chi connectivity index (χ0n) is 28.0. The first-order valence-electron chi connectivity index (χ1n) is 16.5. The molecule has 12 heteroatoms. The molecule has 0 saturated heterocycles. The van der Waals surface area contributed by atoms with E-state index in [1.165, 1.54) is 25.7 Å². The summed E-state index contributed by atoms with van der Waals surface area (Å²) in [6, 6.07) is -3.98. The second-order valence-electron chi connectivity index (χ2n) is 12.7. The van der Waals surface area contributed by atoms with Gasteiger partial charge in [0.1, 0.15) is 24.2 Å². The normalized spacial score (nSPS) is 14.8. The predicted molar refractivity (Wildman–Crippen MR) is 178 cm³/mol. The molecule has 7 N–H and O–H groups in total. The van der Waals surface area contributed by atoms with Crippen LogP contribution in [0.3, 0.4) is 0 Å². The highest BCUT2D eigenvalue weighted by atomic mass is 32.1. The van der Waals surface area contributed by atoms with E-state index in [9.17, 15) is 29.1 Å². The Labute approximate surface area is 270 Å². The van der Waals surface area contributed by atoms with Gasteiger partial charge < -0.3 is 32.1 Å². The van der Waals surface area contributed by atoms with Crippen LogP contribution >= 0.6 is 12.6 Å². The van der Waals surface area contributed by atoms with Crippen LogP contribution in [-0.4, -0.2) is 71.2 Å². The summed E-state index contributed by atoms with van der Waals surface area (Å²) in [6.45, 7) is 11.7. The van der Waals surface area contributed by atoms with Crippen molar-refractivity contribution in [3.63, 3.8) is 0 Å². The van der Waals surface area contributed by atoms with Crippen LogP contribution in [0.15, 0.2) is 0 Å². The Bertz CT molecular complexity index is 872. The third-order valence-electron chi connectivity index (χ3n) is 7.80. The highest BCUT2D eigenvalue weighted by Gasteiger charge is 2.34. The van der Waals surface area contributed by atoms with Crippen molar-refractivity contribution in [2.75, 3.05) is 12.3 Å². The van der Waals surface area contributed by atoms with E-state index >= 15 is 0 Å². The van der Waals surface area contributed by atoms with Gasteiger partial charge in [-0.15, -0.1) is 0 Å². The molecule has 256 valence electrons. The Balaban J connectivity index is 5.07. The van der Waals surface area contributed by atoms with Crippen LogP contribution in [0.25, 0.3) is 0 Å². The minimum absolute atomic E-state index is 0.0422. The van der Waals surface area contributed by atoms with Gasteiger partial charge >= 0.3 is 5.97 Å². The molecule has 0 radical (unpaired) electrons. The van der Waals surface area contributed by atoms with E-state index in [1.807, 2.05) is 20.8 Å². The molecular formula is C32H61N5O6S. The van der Waals surface area contributed by atoms with Crippen LogP contribution in [0.1, 0.15) is 119 Å². The maximum Gasteiger partial charge on any atom is 0.326 e. The van der Waals surface area contributed by atoms with Gasteiger partial charge in [-0.25, -0.2) is 4.79 Å². The summed E-state index contributed by atoms with van der Waals surface area (Å²) in [6.07, 6.45) is 10.9. The number of nitrogens with two attached hydrogens (primary N) is 1. The molecule has 0 spiro atoms. The average Bonchev–Trinajstić information content (AvgIpc) is 2.96. The highest BCUT2D eigenvalue weighted by Crippen LogP contribution is 2.13. The second-order valence-corrected chi connectivity index (χ2v) is 13.0. The van der Waals surface area contributed by atoms with E-state index in [0.29, 0.717) is 12.8 Å². The highest BCUT2D eigenvalue weighted by molar-refractivity contribution is 7.80. The number of carbonyl (C=O) groups is 5. The fourth-order valence-corrected chi connectivity index (χ4v) is 5.07. The Hall–Kier alpha value is -2.34. The molecule has 0 aliphatic rings. The lowest BCUT2D eigenvalue weighted by Gasteiger charge is -2.30. The van der Waals surface area contributed by atoms with Gasteiger partial charge in [-0.05, 0) is 43.6 Å². The lowest BCUT2D eigenvalue weighted by atomic mass is 9.95. The number of hydrogen-bond donors (Lipinski definition) is 7. The molecule has 0 aliphatic heterocycles. The Morgan fingerprint density at radius 1 is 0.682 bits per heavy atom. The molecule has 0 aromatic carbocycles. The summed E-state index contributed by atoms with van der Waals surface area (Å²) >= 11 is 4.24. The number of amides is 4. The number of unbranched alkanes of at least 4 members (excludes halogenated alkanes) is 8. The van der Waals surface area contributed by atoms with E-state index in [2.05, 4.69) is 33.9 Å². The number of thiol groups is 1. The van der Waals surface area contributed by atoms with Gasteiger partial charge in [0.15, 0.2) is 0 Å². The summed E-state index contributed by atoms with van der Waals surface area (Å²) in [5.74, 6) is -3.59. The van der Waals surface area contributed by atoms with Crippen LogP contribution in [0.4, 0.5) is 0 Å². The van der Waals surface area contributed by atoms with Crippen molar-refractivity contribution < 1.29 is 29.1 Å². The number of aliphatic carboxylic acids is 1. The summed E-state index contributed by atoms with van der Waals surface area (Å²) in [5.41, 5.74) is 5.52. The Morgan fingerprint density at radius 3 is 1.64 bits per heavy atom. The number of carboxylic acids is 1. The van der Waals surface area contributed by atoms with Crippen molar-refractivity contribution in [1.82, 2.24) is 21.3 Å². The topological polar surface area (TPSA) is 180 Å². The quantitative estimate of drug-likeness (QED) is 0.0587. The maximum absolute atomic E-state index is 13.4. The van der Waals surface area contributed by atoms with E-state index in [4.69, 9.17) is 5.73 Å². The lowest BCUT2D eigenvalue weighted by Crippen LogP contribution is -2.60. The summed E-state index contributed by atoms with van der Waals surface area (Å²) in [4.78, 5) is 63.8. The van der Waals surface area contributed by atoms with Crippen molar-refractivity contribution in [3.8, 4) is 0 Å².